The van der Waals surface area contributed by atoms with Gasteiger partial charge in [-0.3, -0.25) is 4.79 Å². The van der Waals surface area contributed by atoms with Gasteiger partial charge in [-0.2, -0.15) is 0 Å². The highest BCUT2D eigenvalue weighted by atomic mass is 16.3. The van der Waals surface area contributed by atoms with Gasteiger partial charge in [0.25, 0.3) is 0 Å². The summed E-state index contributed by atoms with van der Waals surface area (Å²) in [7, 11) is 0. The molecule has 0 aromatic rings. The van der Waals surface area contributed by atoms with E-state index in [1.165, 1.54) is 6.42 Å². The minimum Gasteiger partial charge on any atom is -0.394 e. The van der Waals surface area contributed by atoms with Crippen LogP contribution in [0.5, 0.6) is 0 Å². The molecule has 0 radical (unpaired) electrons. The number of aliphatic hydroxyl groups is 2. The van der Waals surface area contributed by atoms with E-state index in [2.05, 4.69) is 19.2 Å². The summed E-state index contributed by atoms with van der Waals surface area (Å²) < 4.78 is 0. The quantitative estimate of drug-likeness (QED) is 0.706. The molecule has 0 spiro atoms. The Labute approximate surface area is 105 Å². The molecule has 0 aliphatic heterocycles. The zero-order valence-corrected chi connectivity index (χ0v) is 12.1. The summed E-state index contributed by atoms with van der Waals surface area (Å²) in [5, 5.41) is 20.2. The summed E-state index contributed by atoms with van der Waals surface area (Å²) in [4.78, 5) is 11.5. The third-order valence-electron chi connectivity index (χ3n) is 2.41. The molecule has 0 aromatic carbocycles. The van der Waals surface area contributed by atoms with Crippen molar-refractivity contribution in [2.24, 2.45) is 11.3 Å². The maximum atomic E-state index is 11.5. The van der Waals surface area contributed by atoms with Crippen molar-refractivity contribution in [1.82, 2.24) is 5.32 Å². The standard InChI is InChI=1S/C10H21NO3.C3H8/c1-7(10(2,3)4)9(14)11-5-8(13)6-12;1-3-2/h7-8,12-13H,5-6H2,1-4H3,(H,11,14);3H2,1-2H3/t7-,8+;/m1./s1. The van der Waals surface area contributed by atoms with Gasteiger partial charge >= 0.3 is 0 Å². The molecule has 4 heteroatoms. The number of nitrogens with one attached hydrogen (secondary N) is 1. The minimum absolute atomic E-state index is 0.0890. The van der Waals surface area contributed by atoms with Crippen molar-refractivity contribution in [3.63, 3.8) is 0 Å². The van der Waals surface area contributed by atoms with Crippen molar-refractivity contribution >= 4 is 5.91 Å². The Hall–Kier alpha value is -0.610. The van der Waals surface area contributed by atoms with Crippen molar-refractivity contribution < 1.29 is 15.0 Å². The smallest absolute Gasteiger partial charge is 0.223 e. The van der Waals surface area contributed by atoms with Crippen LogP contribution < -0.4 is 5.32 Å². The predicted molar refractivity (Wildman–Crippen MR) is 70.7 cm³/mol. The molecule has 2 atom stereocenters. The Morgan fingerprint density at radius 2 is 1.71 bits per heavy atom. The summed E-state index contributed by atoms with van der Waals surface area (Å²) in [6.45, 7) is 11.8. The highest BCUT2D eigenvalue weighted by molar-refractivity contribution is 5.78. The van der Waals surface area contributed by atoms with Gasteiger partial charge in [-0.15, -0.1) is 0 Å². The van der Waals surface area contributed by atoms with E-state index in [0.717, 1.165) is 0 Å². The number of rotatable bonds is 4. The maximum Gasteiger partial charge on any atom is 0.223 e. The molecule has 0 saturated carbocycles. The number of hydrogen-bond acceptors (Lipinski definition) is 3. The van der Waals surface area contributed by atoms with Crippen LogP contribution in [0.25, 0.3) is 0 Å². The number of aliphatic hydroxyl groups excluding tert-OH is 2. The van der Waals surface area contributed by atoms with E-state index < -0.39 is 6.10 Å². The van der Waals surface area contributed by atoms with Crippen molar-refractivity contribution in [2.75, 3.05) is 13.2 Å². The van der Waals surface area contributed by atoms with Crippen LogP contribution in [-0.2, 0) is 4.79 Å². The van der Waals surface area contributed by atoms with Gasteiger partial charge in [0.2, 0.25) is 5.91 Å². The lowest BCUT2D eigenvalue weighted by molar-refractivity contribution is -0.128. The van der Waals surface area contributed by atoms with E-state index in [4.69, 9.17) is 10.2 Å². The second-order valence-corrected chi connectivity index (χ2v) is 5.38. The molecular weight excluding hydrogens is 218 g/mol. The first-order chi connectivity index (χ1) is 7.70. The molecular formula is C13H29NO3. The largest absolute Gasteiger partial charge is 0.394 e. The molecule has 0 bridgehead atoms. The zero-order valence-electron chi connectivity index (χ0n) is 12.1. The fraction of sp³-hybridized carbons (Fsp3) is 0.923. The van der Waals surface area contributed by atoms with Crippen molar-refractivity contribution in [1.29, 1.82) is 0 Å². The maximum absolute atomic E-state index is 11.5. The Morgan fingerprint density at radius 3 is 2.00 bits per heavy atom. The van der Waals surface area contributed by atoms with Crippen molar-refractivity contribution in [2.45, 2.75) is 54.1 Å². The fourth-order valence-corrected chi connectivity index (χ4v) is 0.829. The zero-order chi connectivity index (χ0) is 14.1. The van der Waals surface area contributed by atoms with Crippen molar-refractivity contribution in [3.8, 4) is 0 Å². The molecule has 0 saturated heterocycles. The van der Waals surface area contributed by atoms with Gasteiger partial charge in [-0.25, -0.2) is 0 Å². The van der Waals surface area contributed by atoms with Gasteiger partial charge < -0.3 is 15.5 Å². The molecule has 0 aliphatic rings. The monoisotopic (exact) mass is 247 g/mol. The molecule has 1 amide bonds. The van der Waals surface area contributed by atoms with Crippen molar-refractivity contribution in [3.05, 3.63) is 0 Å². The van der Waals surface area contributed by atoms with E-state index in [-0.39, 0.29) is 30.4 Å². The second-order valence-electron chi connectivity index (χ2n) is 5.38. The highest BCUT2D eigenvalue weighted by Crippen LogP contribution is 2.25. The lowest BCUT2D eigenvalue weighted by atomic mass is 9.81. The van der Waals surface area contributed by atoms with E-state index in [1.54, 1.807) is 0 Å². The molecule has 3 N–H and O–H groups in total. The fourth-order valence-electron chi connectivity index (χ4n) is 0.829. The number of carbonyl (C=O) groups excluding carboxylic acids is 1. The summed E-state index contributed by atoms with van der Waals surface area (Å²) >= 11 is 0. The molecule has 104 valence electrons. The Balaban J connectivity index is 0. The molecule has 0 fully saturated rings. The van der Waals surface area contributed by atoms with E-state index in [9.17, 15) is 4.79 Å². The molecule has 0 aliphatic carbocycles. The van der Waals surface area contributed by atoms with Crippen LogP contribution in [-0.4, -0.2) is 35.4 Å². The predicted octanol–water partition coefficient (Wildman–Crippen LogP) is 1.55. The van der Waals surface area contributed by atoms with Crippen LogP contribution in [0.15, 0.2) is 0 Å². The van der Waals surface area contributed by atoms with Gasteiger partial charge in [0.05, 0.1) is 12.7 Å². The van der Waals surface area contributed by atoms with Gasteiger partial charge in [-0.1, -0.05) is 48.0 Å². The van der Waals surface area contributed by atoms with Gasteiger partial charge in [-0.05, 0) is 5.41 Å². The Morgan fingerprint density at radius 1 is 1.29 bits per heavy atom. The van der Waals surface area contributed by atoms with Crippen LogP contribution in [0.2, 0.25) is 0 Å². The molecule has 4 nitrogen and oxygen atoms in total. The number of amides is 1. The average Bonchev–Trinajstić information content (AvgIpc) is 2.24. The van der Waals surface area contributed by atoms with E-state index in [1.807, 2.05) is 27.7 Å². The summed E-state index contributed by atoms with van der Waals surface area (Å²) in [5.41, 5.74) is -0.0890. The first-order valence-electron chi connectivity index (χ1n) is 6.27. The lowest BCUT2D eigenvalue weighted by Crippen LogP contribution is -2.40. The third-order valence-corrected chi connectivity index (χ3v) is 2.41. The number of hydrogen-bond donors (Lipinski definition) is 3. The lowest BCUT2D eigenvalue weighted by Gasteiger charge is -2.26. The third kappa shape index (κ3) is 10.3. The number of carbonyl (C=O) groups is 1. The summed E-state index contributed by atoms with van der Waals surface area (Å²) in [6, 6.07) is 0. The van der Waals surface area contributed by atoms with Crippen LogP contribution in [0.3, 0.4) is 0 Å². The molecule has 0 aromatic heterocycles. The average molecular weight is 247 g/mol. The SMILES string of the molecule is CCC.C[C@H](C(=O)NC[C@H](O)CO)C(C)(C)C. The summed E-state index contributed by atoms with van der Waals surface area (Å²) in [5.74, 6) is -0.210. The van der Waals surface area contributed by atoms with Gasteiger partial charge in [0, 0.05) is 12.5 Å². The van der Waals surface area contributed by atoms with E-state index in [0.29, 0.717) is 0 Å². The van der Waals surface area contributed by atoms with E-state index >= 15 is 0 Å². The molecule has 17 heavy (non-hydrogen) atoms. The topological polar surface area (TPSA) is 69.6 Å². The van der Waals surface area contributed by atoms with Crippen LogP contribution in [0, 0.1) is 11.3 Å². The van der Waals surface area contributed by atoms with Crippen LogP contribution >= 0.6 is 0 Å². The normalized spacial score (nSPS) is 14.4. The van der Waals surface area contributed by atoms with Crippen LogP contribution in [0.1, 0.15) is 48.0 Å². The first kappa shape index (κ1) is 18.7. The highest BCUT2D eigenvalue weighted by Gasteiger charge is 2.26. The van der Waals surface area contributed by atoms with Gasteiger partial charge in [0.15, 0.2) is 0 Å². The summed E-state index contributed by atoms with van der Waals surface area (Å²) in [6.07, 6.45) is 0.381. The Kier molecular flexibility index (Phi) is 10.4. The van der Waals surface area contributed by atoms with Crippen LogP contribution in [0.4, 0.5) is 0 Å². The Bertz CT molecular complexity index is 199. The second kappa shape index (κ2) is 9.42. The van der Waals surface area contributed by atoms with Gasteiger partial charge in [0.1, 0.15) is 0 Å². The first-order valence-corrected chi connectivity index (χ1v) is 6.27. The molecule has 0 unspecified atom stereocenters. The molecule has 0 heterocycles. The minimum atomic E-state index is -0.869. The molecule has 0 rings (SSSR count).